The van der Waals surface area contributed by atoms with Crippen molar-refractivity contribution in [1.29, 1.82) is 0 Å². The number of furan rings is 1. The minimum Gasteiger partial charge on any atom is -0.448 e. The molecule has 1 unspecified atom stereocenters. The summed E-state index contributed by atoms with van der Waals surface area (Å²) in [6, 6.07) is 9.63. The van der Waals surface area contributed by atoms with Crippen LogP contribution < -0.4 is 5.32 Å². The van der Waals surface area contributed by atoms with Gasteiger partial charge in [-0.25, -0.2) is 4.98 Å². The van der Waals surface area contributed by atoms with E-state index in [1.807, 2.05) is 47.3 Å². The van der Waals surface area contributed by atoms with Crippen LogP contribution in [0.2, 0.25) is 0 Å². The zero-order chi connectivity index (χ0) is 22.1. The van der Waals surface area contributed by atoms with Crippen molar-refractivity contribution in [3.05, 3.63) is 65.1 Å². The zero-order valence-corrected chi connectivity index (χ0v) is 18.8. The highest BCUT2D eigenvalue weighted by Gasteiger charge is 2.25. The van der Waals surface area contributed by atoms with E-state index < -0.39 is 0 Å². The topological polar surface area (TPSA) is 82.2 Å². The number of amides is 1. The summed E-state index contributed by atoms with van der Waals surface area (Å²) in [5.74, 6) is 0.485. The number of ether oxygens (including phenoxy) is 1. The van der Waals surface area contributed by atoms with Gasteiger partial charge < -0.3 is 14.5 Å². The lowest BCUT2D eigenvalue weighted by atomic mass is 10.2. The van der Waals surface area contributed by atoms with Crippen LogP contribution in [-0.2, 0) is 11.2 Å². The number of hydrogen-bond acceptors (Lipinski definition) is 6. The van der Waals surface area contributed by atoms with Crippen molar-refractivity contribution in [1.82, 2.24) is 19.9 Å². The van der Waals surface area contributed by atoms with E-state index in [1.54, 1.807) is 17.6 Å². The maximum atomic E-state index is 13.0. The van der Waals surface area contributed by atoms with Crippen LogP contribution in [0.4, 0.5) is 0 Å². The molecule has 0 aliphatic carbocycles. The number of thiazole rings is 1. The largest absolute Gasteiger partial charge is 0.448 e. The molecule has 0 radical (unpaired) electrons. The second kappa shape index (κ2) is 8.72. The standard InChI is InChI=1S/C24H24N4O3S/c1-3-17-12-16(8-9-25-17)24-26-19(14-32-24)20-13-18(23(29)27-21-6-4-10-30-21)15(2)28(20)22-7-5-11-31-22/h5,7-9,11-14,21H,3-4,6,10H2,1-2H3,(H,27,29). The molecule has 4 aromatic heterocycles. The number of aryl methyl sites for hydroxylation is 1. The van der Waals surface area contributed by atoms with Crippen molar-refractivity contribution in [2.75, 3.05) is 6.61 Å². The van der Waals surface area contributed by atoms with E-state index >= 15 is 0 Å². The van der Waals surface area contributed by atoms with Gasteiger partial charge in [-0.05, 0) is 50.5 Å². The predicted octanol–water partition coefficient (Wildman–Crippen LogP) is 4.99. The molecule has 1 fully saturated rings. The summed E-state index contributed by atoms with van der Waals surface area (Å²) < 4.78 is 13.2. The first kappa shape index (κ1) is 20.7. The maximum absolute atomic E-state index is 13.0. The van der Waals surface area contributed by atoms with Crippen molar-refractivity contribution >= 4 is 17.2 Å². The third kappa shape index (κ3) is 3.87. The lowest BCUT2D eigenvalue weighted by Crippen LogP contribution is -2.34. The first-order valence-electron chi connectivity index (χ1n) is 10.7. The van der Waals surface area contributed by atoms with E-state index in [1.165, 1.54) is 0 Å². The Morgan fingerprint density at radius 3 is 3.00 bits per heavy atom. The molecule has 0 aromatic carbocycles. The Balaban J connectivity index is 1.54. The van der Waals surface area contributed by atoms with Gasteiger partial charge in [0, 0.05) is 41.2 Å². The number of carbonyl (C=O) groups is 1. The average molecular weight is 449 g/mol. The number of carbonyl (C=O) groups excluding carboxylic acids is 1. The summed E-state index contributed by atoms with van der Waals surface area (Å²) in [6.07, 6.45) is 5.87. The molecule has 0 spiro atoms. The molecular weight excluding hydrogens is 424 g/mol. The average Bonchev–Trinajstić information content (AvgIpc) is 3.59. The number of nitrogens with zero attached hydrogens (tertiary/aromatic N) is 3. The van der Waals surface area contributed by atoms with Crippen LogP contribution >= 0.6 is 11.3 Å². The third-order valence-corrected chi connectivity index (χ3v) is 6.52. The zero-order valence-electron chi connectivity index (χ0n) is 18.0. The summed E-state index contributed by atoms with van der Waals surface area (Å²) in [4.78, 5) is 22.3. The molecule has 1 N–H and O–H groups in total. The molecule has 1 atom stereocenters. The van der Waals surface area contributed by atoms with Crippen molar-refractivity contribution in [3.8, 4) is 27.8 Å². The van der Waals surface area contributed by atoms with E-state index in [9.17, 15) is 4.79 Å². The minimum atomic E-state index is -0.234. The second-order valence-corrected chi connectivity index (χ2v) is 8.58. The summed E-state index contributed by atoms with van der Waals surface area (Å²) in [6.45, 7) is 4.68. The van der Waals surface area contributed by atoms with Gasteiger partial charge in [-0.15, -0.1) is 11.3 Å². The Morgan fingerprint density at radius 2 is 2.25 bits per heavy atom. The molecule has 164 valence electrons. The van der Waals surface area contributed by atoms with Crippen molar-refractivity contribution in [2.24, 2.45) is 0 Å². The number of pyridine rings is 1. The van der Waals surface area contributed by atoms with Crippen molar-refractivity contribution in [2.45, 2.75) is 39.3 Å². The van der Waals surface area contributed by atoms with Gasteiger partial charge in [-0.1, -0.05) is 6.92 Å². The van der Waals surface area contributed by atoms with Crippen LogP contribution in [0, 0.1) is 6.92 Å². The van der Waals surface area contributed by atoms with E-state index in [0.29, 0.717) is 18.1 Å². The molecule has 1 amide bonds. The van der Waals surface area contributed by atoms with Gasteiger partial charge in [-0.2, -0.15) is 0 Å². The number of nitrogens with one attached hydrogen (secondary N) is 1. The maximum Gasteiger partial charge on any atom is 0.255 e. The summed E-state index contributed by atoms with van der Waals surface area (Å²) in [5, 5.41) is 5.91. The smallest absolute Gasteiger partial charge is 0.255 e. The van der Waals surface area contributed by atoms with Gasteiger partial charge in [0.25, 0.3) is 5.91 Å². The highest BCUT2D eigenvalue weighted by molar-refractivity contribution is 7.13. The second-order valence-electron chi connectivity index (χ2n) is 7.72. The third-order valence-electron chi connectivity index (χ3n) is 5.63. The fourth-order valence-corrected chi connectivity index (χ4v) is 4.76. The first-order chi connectivity index (χ1) is 15.6. The number of rotatable bonds is 6. The van der Waals surface area contributed by atoms with Crippen LogP contribution in [-0.4, -0.2) is 33.3 Å². The minimum absolute atomic E-state index is 0.155. The molecule has 1 aliphatic heterocycles. The SMILES string of the molecule is CCc1cc(-c2nc(-c3cc(C(=O)NC4CCCO4)c(C)n3-c3ccco3)cs2)ccn1. The van der Waals surface area contributed by atoms with Gasteiger partial charge in [-0.3, -0.25) is 14.3 Å². The van der Waals surface area contributed by atoms with Gasteiger partial charge in [0.05, 0.1) is 23.2 Å². The van der Waals surface area contributed by atoms with Gasteiger partial charge >= 0.3 is 0 Å². The molecule has 4 aromatic rings. The monoisotopic (exact) mass is 448 g/mol. The summed E-state index contributed by atoms with van der Waals surface area (Å²) >= 11 is 1.57. The molecule has 8 heteroatoms. The lowest BCUT2D eigenvalue weighted by molar-refractivity contribution is 0.0639. The van der Waals surface area contributed by atoms with Gasteiger partial charge in [0.2, 0.25) is 5.88 Å². The Morgan fingerprint density at radius 1 is 1.34 bits per heavy atom. The molecule has 5 heterocycles. The molecule has 7 nitrogen and oxygen atoms in total. The Hall–Kier alpha value is -3.23. The van der Waals surface area contributed by atoms with Crippen LogP contribution in [0.25, 0.3) is 27.8 Å². The van der Waals surface area contributed by atoms with Crippen LogP contribution in [0.15, 0.2) is 52.6 Å². The Labute approximate surface area is 190 Å². The van der Waals surface area contributed by atoms with E-state index in [2.05, 4.69) is 23.3 Å². The van der Waals surface area contributed by atoms with Gasteiger partial charge in [0.1, 0.15) is 11.2 Å². The molecule has 1 saturated heterocycles. The number of hydrogen-bond donors (Lipinski definition) is 1. The van der Waals surface area contributed by atoms with Crippen molar-refractivity contribution < 1.29 is 13.9 Å². The predicted molar refractivity (Wildman–Crippen MR) is 123 cm³/mol. The molecule has 0 bridgehead atoms. The lowest BCUT2D eigenvalue weighted by Gasteiger charge is -2.12. The van der Waals surface area contributed by atoms with E-state index in [4.69, 9.17) is 14.1 Å². The van der Waals surface area contributed by atoms with Crippen LogP contribution in [0.3, 0.4) is 0 Å². The highest BCUT2D eigenvalue weighted by Crippen LogP contribution is 2.33. The van der Waals surface area contributed by atoms with E-state index in [0.717, 1.165) is 52.6 Å². The van der Waals surface area contributed by atoms with Crippen molar-refractivity contribution in [3.63, 3.8) is 0 Å². The molecule has 0 saturated carbocycles. The van der Waals surface area contributed by atoms with Crippen LogP contribution in [0.5, 0.6) is 0 Å². The summed E-state index contributed by atoms with van der Waals surface area (Å²) in [7, 11) is 0. The number of aromatic nitrogens is 3. The Bertz CT molecular complexity index is 1240. The molecule has 5 rings (SSSR count). The van der Waals surface area contributed by atoms with Gasteiger partial charge in [0.15, 0.2) is 0 Å². The normalized spacial score (nSPS) is 15.9. The fraction of sp³-hybridized carbons (Fsp3) is 0.292. The molecule has 32 heavy (non-hydrogen) atoms. The fourth-order valence-electron chi connectivity index (χ4n) is 3.95. The first-order valence-corrected chi connectivity index (χ1v) is 11.6. The highest BCUT2D eigenvalue weighted by atomic mass is 32.1. The Kier molecular flexibility index (Phi) is 5.63. The molecular formula is C24H24N4O3S. The molecule has 1 aliphatic rings. The quantitative estimate of drug-likeness (QED) is 0.449. The van der Waals surface area contributed by atoms with Crippen LogP contribution in [0.1, 0.15) is 41.5 Å². The van der Waals surface area contributed by atoms with E-state index in [-0.39, 0.29) is 12.1 Å². The summed E-state index contributed by atoms with van der Waals surface area (Å²) in [5.41, 5.74) is 5.04.